The molecule has 1 unspecified atom stereocenters. The maximum Gasteiger partial charge on any atom is 0.250 e. The van der Waals surface area contributed by atoms with E-state index in [-0.39, 0.29) is 24.5 Å². The van der Waals surface area contributed by atoms with E-state index in [2.05, 4.69) is 10.6 Å². The van der Waals surface area contributed by atoms with Crippen molar-refractivity contribution in [2.45, 2.75) is 32.2 Å². The largest absolute Gasteiger partial charge is 0.375 e. The highest BCUT2D eigenvalue weighted by Crippen LogP contribution is 2.14. The fourth-order valence-corrected chi connectivity index (χ4v) is 1.89. The number of carbonyl (C=O) groups excluding carboxylic acids is 2. The zero-order valence-corrected chi connectivity index (χ0v) is 12.5. The van der Waals surface area contributed by atoms with E-state index >= 15 is 0 Å². The third-order valence-electron chi connectivity index (χ3n) is 2.83. The lowest BCUT2D eigenvalue weighted by Crippen LogP contribution is -2.26. The van der Waals surface area contributed by atoms with Crippen molar-refractivity contribution in [3.63, 3.8) is 0 Å². The van der Waals surface area contributed by atoms with Crippen LogP contribution >= 0.6 is 0 Å². The van der Waals surface area contributed by atoms with Crippen LogP contribution in [0.2, 0.25) is 0 Å². The molecule has 0 radical (unpaired) electrons. The van der Waals surface area contributed by atoms with Gasteiger partial charge in [-0.1, -0.05) is 13.3 Å². The van der Waals surface area contributed by atoms with Crippen LogP contribution in [0.3, 0.4) is 0 Å². The molecule has 0 heterocycles. The summed E-state index contributed by atoms with van der Waals surface area (Å²) in [5.74, 6) is -0.327. The predicted molar refractivity (Wildman–Crippen MR) is 83.1 cm³/mol. The average Bonchev–Trinajstić information content (AvgIpc) is 2.41. The Kier molecular flexibility index (Phi) is 7.42. The third-order valence-corrected chi connectivity index (χ3v) is 2.83. The molecule has 116 valence electrons. The Morgan fingerprint density at radius 1 is 1.14 bits per heavy atom. The van der Waals surface area contributed by atoms with Crippen molar-refractivity contribution < 1.29 is 14.3 Å². The molecule has 1 atom stereocenters. The number of methoxy groups -OCH3 is 1. The second-order valence-electron chi connectivity index (χ2n) is 4.86. The molecular formula is C15H23N3O3. The van der Waals surface area contributed by atoms with Crippen molar-refractivity contribution >= 4 is 23.2 Å². The molecular weight excluding hydrogens is 270 g/mol. The third kappa shape index (κ3) is 6.87. The molecule has 0 aromatic heterocycles. The minimum Gasteiger partial charge on any atom is -0.375 e. The van der Waals surface area contributed by atoms with Crippen LogP contribution in [0.25, 0.3) is 0 Å². The van der Waals surface area contributed by atoms with E-state index in [0.29, 0.717) is 17.8 Å². The number of ether oxygens (including phenoxy) is 1. The molecule has 1 aromatic carbocycles. The molecule has 4 N–H and O–H groups in total. The van der Waals surface area contributed by atoms with Gasteiger partial charge in [-0.15, -0.1) is 0 Å². The number of hydrogen-bond donors (Lipinski definition) is 3. The number of hydrogen-bond acceptors (Lipinski definition) is 4. The minimum atomic E-state index is -0.222. The maximum absolute atomic E-state index is 11.8. The van der Waals surface area contributed by atoms with Crippen molar-refractivity contribution in [2.75, 3.05) is 24.4 Å². The number of rotatable bonds is 8. The molecule has 0 aliphatic heterocycles. The quantitative estimate of drug-likeness (QED) is 0.680. The molecule has 0 aliphatic carbocycles. The molecule has 0 saturated heterocycles. The van der Waals surface area contributed by atoms with Crippen LogP contribution in [0, 0.1) is 0 Å². The molecule has 0 aliphatic rings. The van der Waals surface area contributed by atoms with Crippen LogP contribution in [0.5, 0.6) is 0 Å². The van der Waals surface area contributed by atoms with E-state index in [0.717, 1.165) is 12.8 Å². The first kappa shape index (κ1) is 17.1. The molecule has 0 bridgehead atoms. The minimum absolute atomic E-state index is 0.00774. The van der Waals surface area contributed by atoms with Gasteiger partial charge < -0.3 is 21.1 Å². The van der Waals surface area contributed by atoms with Gasteiger partial charge in [0.1, 0.15) is 6.61 Å². The van der Waals surface area contributed by atoms with Crippen molar-refractivity contribution in [2.24, 2.45) is 5.73 Å². The second kappa shape index (κ2) is 9.10. The van der Waals surface area contributed by atoms with Gasteiger partial charge in [0.15, 0.2) is 0 Å². The Morgan fingerprint density at radius 2 is 1.67 bits per heavy atom. The fourth-order valence-electron chi connectivity index (χ4n) is 1.89. The summed E-state index contributed by atoms with van der Waals surface area (Å²) < 4.78 is 4.73. The van der Waals surface area contributed by atoms with Gasteiger partial charge in [-0.05, 0) is 30.7 Å². The summed E-state index contributed by atoms with van der Waals surface area (Å²) >= 11 is 0. The molecule has 6 nitrogen and oxygen atoms in total. The Balaban J connectivity index is 2.47. The first-order valence-corrected chi connectivity index (χ1v) is 6.99. The number of carbonyl (C=O) groups is 2. The Morgan fingerprint density at radius 3 is 2.14 bits per heavy atom. The van der Waals surface area contributed by atoms with Crippen LogP contribution in [0.15, 0.2) is 24.3 Å². The summed E-state index contributed by atoms with van der Waals surface area (Å²) in [7, 11) is 1.46. The molecule has 1 aromatic rings. The first-order valence-electron chi connectivity index (χ1n) is 6.99. The summed E-state index contributed by atoms with van der Waals surface area (Å²) in [6.07, 6.45) is 2.10. The summed E-state index contributed by atoms with van der Waals surface area (Å²) in [6, 6.07) is 6.78. The SMILES string of the molecule is CCCC(N)CC(=O)Nc1ccc(NC(=O)COC)cc1. The zero-order valence-electron chi connectivity index (χ0n) is 12.5. The van der Waals surface area contributed by atoms with Crippen molar-refractivity contribution in [3.05, 3.63) is 24.3 Å². The van der Waals surface area contributed by atoms with Crippen LogP contribution in [0.4, 0.5) is 11.4 Å². The lowest BCUT2D eigenvalue weighted by atomic mass is 10.1. The normalized spacial score (nSPS) is 11.8. The summed E-state index contributed by atoms with van der Waals surface area (Å²) in [6.45, 7) is 2.04. The van der Waals surface area contributed by atoms with Crippen molar-refractivity contribution in [1.29, 1.82) is 0 Å². The van der Waals surface area contributed by atoms with Crippen LogP contribution in [-0.2, 0) is 14.3 Å². The van der Waals surface area contributed by atoms with E-state index in [9.17, 15) is 9.59 Å². The van der Waals surface area contributed by atoms with Crippen LogP contribution < -0.4 is 16.4 Å². The second-order valence-corrected chi connectivity index (χ2v) is 4.86. The van der Waals surface area contributed by atoms with E-state index in [1.165, 1.54) is 7.11 Å². The summed E-state index contributed by atoms with van der Waals surface area (Å²) in [5, 5.41) is 5.46. The van der Waals surface area contributed by atoms with Gasteiger partial charge in [-0.2, -0.15) is 0 Å². The molecule has 1 rings (SSSR count). The molecule has 0 saturated carbocycles. The number of benzene rings is 1. The Bertz CT molecular complexity index is 460. The highest BCUT2D eigenvalue weighted by molar-refractivity contribution is 5.93. The zero-order chi connectivity index (χ0) is 15.7. The maximum atomic E-state index is 11.8. The van der Waals surface area contributed by atoms with Crippen molar-refractivity contribution in [3.8, 4) is 0 Å². The van der Waals surface area contributed by atoms with E-state index in [1.807, 2.05) is 6.92 Å². The van der Waals surface area contributed by atoms with E-state index < -0.39 is 0 Å². The highest BCUT2D eigenvalue weighted by atomic mass is 16.5. The fraction of sp³-hybridized carbons (Fsp3) is 0.467. The molecule has 0 fully saturated rings. The van der Waals surface area contributed by atoms with Crippen LogP contribution in [0.1, 0.15) is 26.2 Å². The number of amides is 2. The van der Waals surface area contributed by atoms with E-state index in [1.54, 1.807) is 24.3 Å². The van der Waals surface area contributed by atoms with Crippen LogP contribution in [-0.4, -0.2) is 31.6 Å². The molecule has 2 amide bonds. The number of anilines is 2. The van der Waals surface area contributed by atoms with Gasteiger partial charge >= 0.3 is 0 Å². The van der Waals surface area contributed by atoms with Crippen molar-refractivity contribution in [1.82, 2.24) is 0 Å². The topological polar surface area (TPSA) is 93.5 Å². The van der Waals surface area contributed by atoms with Gasteiger partial charge in [0.05, 0.1) is 0 Å². The lowest BCUT2D eigenvalue weighted by Gasteiger charge is -2.11. The lowest BCUT2D eigenvalue weighted by molar-refractivity contribution is -0.119. The smallest absolute Gasteiger partial charge is 0.250 e. The Hall–Kier alpha value is -1.92. The highest BCUT2D eigenvalue weighted by Gasteiger charge is 2.09. The van der Waals surface area contributed by atoms with Gasteiger partial charge in [0, 0.05) is 30.9 Å². The predicted octanol–water partition coefficient (Wildman–Crippen LogP) is 1.73. The average molecular weight is 293 g/mol. The monoisotopic (exact) mass is 293 g/mol. The first-order chi connectivity index (χ1) is 10.0. The standard InChI is InChI=1S/C15H23N3O3/c1-3-4-11(16)9-14(19)17-12-5-7-13(8-6-12)18-15(20)10-21-2/h5-8,11H,3-4,9-10,16H2,1-2H3,(H,17,19)(H,18,20). The summed E-state index contributed by atoms with van der Waals surface area (Å²) in [4.78, 5) is 23.1. The van der Waals surface area contributed by atoms with Gasteiger partial charge in [-0.3, -0.25) is 9.59 Å². The van der Waals surface area contributed by atoms with Gasteiger partial charge in [0.25, 0.3) is 0 Å². The molecule has 6 heteroatoms. The number of nitrogens with two attached hydrogens (primary N) is 1. The van der Waals surface area contributed by atoms with Gasteiger partial charge in [-0.25, -0.2) is 0 Å². The van der Waals surface area contributed by atoms with E-state index in [4.69, 9.17) is 10.5 Å². The Labute approximate surface area is 125 Å². The molecule has 0 spiro atoms. The molecule has 21 heavy (non-hydrogen) atoms. The van der Waals surface area contributed by atoms with Gasteiger partial charge in [0.2, 0.25) is 11.8 Å². The number of nitrogens with one attached hydrogen (secondary N) is 2. The summed E-state index contributed by atoms with van der Waals surface area (Å²) in [5.41, 5.74) is 7.15.